The van der Waals surface area contributed by atoms with Crippen LogP contribution >= 0.6 is 0 Å². The Morgan fingerprint density at radius 3 is 2.50 bits per heavy atom. The van der Waals surface area contributed by atoms with Crippen LogP contribution in [0.15, 0.2) is 36.4 Å². The van der Waals surface area contributed by atoms with E-state index in [1.807, 2.05) is 25.1 Å². The minimum absolute atomic E-state index is 0.302. The number of benzene rings is 2. The second kappa shape index (κ2) is 5.27. The van der Waals surface area contributed by atoms with Gasteiger partial charge in [-0.2, -0.15) is 0 Å². The van der Waals surface area contributed by atoms with E-state index in [0.29, 0.717) is 18.5 Å². The van der Waals surface area contributed by atoms with Crippen molar-refractivity contribution >= 4 is 0 Å². The van der Waals surface area contributed by atoms with E-state index in [0.717, 1.165) is 22.8 Å². The summed E-state index contributed by atoms with van der Waals surface area (Å²) in [6, 6.07) is 9.94. The summed E-state index contributed by atoms with van der Waals surface area (Å²) >= 11 is 0. The molecule has 0 heterocycles. The Hall–Kier alpha value is -1.74. The molecular weight excluding hydrogens is 232 g/mol. The highest BCUT2D eigenvalue weighted by Crippen LogP contribution is 2.30. The van der Waals surface area contributed by atoms with Crippen LogP contribution in [0.3, 0.4) is 0 Å². The van der Waals surface area contributed by atoms with Crippen molar-refractivity contribution in [2.45, 2.75) is 13.3 Å². The van der Waals surface area contributed by atoms with Gasteiger partial charge in [0, 0.05) is 5.56 Å². The molecule has 2 rings (SSSR count). The fourth-order valence-electron chi connectivity index (χ4n) is 2.17. The summed E-state index contributed by atoms with van der Waals surface area (Å²) in [6.45, 7) is 2.37. The van der Waals surface area contributed by atoms with Gasteiger partial charge in [0.05, 0.1) is 0 Å². The van der Waals surface area contributed by atoms with Crippen LogP contribution < -0.4 is 5.73 Å². The molecule has 18 heavy (non-hydrogen) atoms. The first-order valence-corrected chi connectivity index (χ1v) is 5.88. The third-order valence-electron chi connectivity index (χ3n) is 2.99. The van der Waals surface area contributed by atoms with Crippen molar-refractivity contribution < 1.29 is 8.78 Å². The van der Waals surface area contributed by atoms with Gasteiger partial charge in [0.1, 0.15) is 0 Å². The van der Waals surface area contributed by atoms with Crippen molar-refractivity contribution in [2.24, 2.45) is 5.73 Å². The maximum Gasteiger partial charge on any atom is 0.166 e. The number of hydrogen-bond donors (Lipinski definition) is 1. The van der Waals surface area contributed by atoms with Gasteiger partial charge in [-0.25, -0.2) is 8.78 Å². The van der Waals surface area contributed by atoms with Crippen LogP contribution in [0, 0.1) is 18.6 Å². The first-order chi connectivity index (χ1) is 8.65. The lowest BCUT2D eigenvalue weighted by Gasteiger charge is -2.13. The van der Waals surface area contributed by atoms with Crippen LogP contribution in [-0.2, 0) is 6.42 Å². The Morgan fingerprint density at radius 1 is 1.06 bits per heavy atom. The Balaban J connectivity index is 2.66. The lowest BCUT2D eigenvalue weighted by atomic mass is 9.93. The first kappa shape index (κ1) is 12.7. The summed E-state index contributed by atoms with van der Waals surface area (Å²) in [6.07, 6.45) is 0.646. The standard InChI is InChI=1S/C15H15F2N/c1-10-4-2-5-11(8-9-18)14(10)12-6-3-7-13(16)15(12)17/h2-7H,8-9,18H2,1H3. The lowest BCUT2D eigenvalue weighted by Crippen LogP contribution is -2.05. The number of hydrogen-bond acceptors (Lipinski definition) is 1. The number of rotatable bonds is 3. The molecule has 0 radical (unpaired) electrons. The topological polar surface area (TPSA) is 26.0 Å². The Labute approximate surface area is 105 Å². The number of aryl methyl sites for hydroxylation is 1. The maximum absolute atomic E-state index is 13.9. The van der Waals surface area contributed by atoms with Crippen molar-refractivity contribution in [1.29, 1.82) is 0 Å². The van der Waals surface area contributed by atoms with E-state index in [4.69, 9.17) is 5.73 Å². The average Bonchev–Trinajstić information content (AvgIpc) is 2.34. The van der Waals surface area contributed by atoms with Crippen molar-refractivity contribution in [3.8, 4) is 11.1 Å². The Bertz CT molecular complexity index is 564. The Kier molecular flexibility index (Phi) is 3.72. The number of halogens is 2. The summed E-state index contributed by atoms with van der Waals surface area (Å²) < 4.78 is 27.2. The zero-order valence-electron chi connectivity index (χ0n) is 10.2. The molecule has 2 aromatic rings. The summed E-state index contributed by atoms with van der Waals surface area (Å²) in [5, 5.41) is 0. The smallest absolute Gasteiger partial charge is 0.166 e. The second-order valence-corrected chi connectivity index (χ2v) is 4.25. The molecule has 0 saturated heterocycles. The molecule has 2 aromatic carbocycles. The van der Waals surface area contributed by atoms with Gasteiger partial charge in [-0.15, -0.1) is 0 Å². The van der Waals surface area contributed by atoms with Crippen LogP contribution in [0.5, 0.6) is 0 Å². The molecule has 0 atom stereocenters. The normalized spacial score (nSPS) is 10.7. The van der Waals surface area contributed by atoms with Crippen LogP contribution in [0.25, 0.3) is 11.1 Å². The SMILES string of the molecule is Cc1cccc(CCN)c1-c1cccc(F)c1F. The van der Waals surface area contributed by atoms with Crippen LogP contribution in [-0.4, -0.2) is 6.54 Å². The zero-order valence-corrected chi connectivity index (χ0v) is 10.2. The van der Waals surface area contributed by atoms with E-state index >= 15 is 0 Å². The predicted molar refractivity (Wildman–Crippen MR) is 69.3 cm³/mol. The van der Waals surface area contributed by atoms with Gasteiger partial charge in [-0.1, -0.05) is 30.3 Å². The van der Waals surface area contributed by atoms with Crippen LogP contribution in [0.2, 0.25) is 0 Å². The van der Waals surface area contributed by atoms with Crippen molar-refractivity contribution in [3.63, 3.8) is 0 Å². The highest BCUT2D eigenvalue weighted by atomic mass is 19.2. The molecule has 0 bridgehead atoms. The molecule has 3 heteroatoms. The lowest BCUT2D eigenvalue weighted by molar-refractivity contribution is 0.511. The van der Waals surface area contributed by atoms with Gasteiger partial charge < -0.3 is 5.73 Å². The Morgan fingerprint density at radius 2 is 1.78 bits per heavy atom. The number of nitrogens with two attached hydrogens (primary N) is 1. The molecule has 0 aromatic heterocycles. The predicted octanol–water partition coefficient (Wildman–Crippen LogP) is 3.44. The van der Waals surface area contributed by atoms with E-state index < -0.39 is 11.6 Å². The van der Waals surface area contributed by atoms with Gasteiger partial charge in [0.15, 0.2) is 11.6 Å². The quantitative estimate of drug-likeness (QED) is 0.883. The third-order valence-corrected chi connectivity index (χ3v) is 2.99. The molecule has 0 saturated carbocycles. The summed E-state index contributed by atoms with van der Waals surface area (Å²) in [7, 11) is 0. The highest BCUT2D eigenvalue weighted by Gasteiger charge is 2.14. The van der Waals surface area contributed by atoms with Gasteiger partial charge >= 0.3 is 0 Å². The molecule has 0 unspecified atom stereocenters. The van der Waals surface area contributed by atoms with Gasteiger partial charge in [-0.05, 0) is 42.6 Å². The van der Waals surface area contributed by atoms with E-state index in [2.05, 4.69) is 0 Å². The molecule has 0 aliphatic heterocycles. The van der Waals surface area contributed by atoms with E-state index in [-0.39, 0.29) is 0 Å². The largest absolute Gasteiger partial charge is 0.330 e. The monoisotopic (exact) mass is 247 g/mol. The fourth-order valence-corrected chi connectivity index (χ4v) is 2.17. The minimum Gasteiger partial charge on any atom is -0.330 e. The molecule has 0 aliphatic carbocycles. The first-order valence-electron chi connectivity index (χ1n) is 5.88. The van der Waals surface area contributed by atoms with Crippen molar-refractivity contribution in [2.75, 3.05) is 6.54 Å². The molecule has 0 spiro atoms. The molecule has 0 amide bonds. The molecule has 94 valence electrons. The van der Waals surface area contributed by atoms with Gasteiger partial charge in [0.25, 0.3) is 0 Å². The van der Waals surface area contributed by atoms with Crippen LogP contribution in [0.1, 0.15) is 11.1 Å². The average molecular weight is 247 g/mol. The summed E-state index contributed by atoms with van der Waals surface area (Å²) in [5.41, 5.74) is 8.48. The second-order valence-electron chi connectivity index (χ2n) is 4.25. The maximum atomic E-state index is 13.9. The summed E-state index contributed by atoms with van der Waals surface area (Å²) in [4.78, 5) is 0. The van der Waals surface area contributed by atoms with Crippen LogP contribution in [0.4, 0.5) is 8.78 Å². The third kappa shape index (κ3) is 2.27. The molecule has 0 aliphatic rings. The minimum atomic E-state index is -0.825. The van der Waals surface area contributed by atoms with E-state index in [1.54, 1.807) is 6.07 Å². The van der Waals surface area contributed by atoms with Gasteiger partial charge in [-0.3, -0.25) is 0 Å². The molecule has 2 N–H and O–H groups in total. The molecule has 0 fully saturated rings. The fraction of sp³-hybridized carbons (Fsp3) is 0.200. The molecular formula is C15H15F2N. The summed E-state index contributed by atoms with van der Waals surface area (Å²) in [5.74, 6) is -1.63. The van der Waals surface area contributed by atoms with E-state index in [9.17, 15) is 8.78 Å². The molecule has 1 nitrogen and oxygen atoms in total. The van der Waals surface area contributed by atoms with Crippen molar-refractivity contribution in [3.05, 3.63) is 59.2 Å². The highest BCUT2D eigenvalue weighted by molar-refractivity contribution is 5.71. The van der Waals surface area contributed by atoms with Gasteiger partial charge in [0.2, 0.25) is 0 Å². The zero-order chi connectivity index (χ0) is 13.1. The van der Waals surface area contributed by atoms with E-state index in [1.165, 1.54) is 6.07 Å². The van der Waals surface area contributed by atoms with Crippen molar-refractivity contribution in [1.82, 2.24) is 0 Å².